The summed E-state index contributed by atoms with van der Waals surface area (Å²) in [5, 5.41) is 11.0. The topological polar surface area (TPSA) is 69.0 Å². The van der Waals surface area contributed by atoms with Crippen LogP contribution in [0.4, 0.5) is 8.78 Å². The molecule has 0 atom stereocenters. The number of rotatable bonds is 5. The largest absolute Gasteiger partial charge is 0.381 e. The second kappa shape index (κ2) is 8.08. The molecule has 3 aromatic rings. The fourth-order valence-corrected chi connectivity index (χ4v) is 3.63. The van der Waals surface area contributed by atoms with Crippen molar-refractivity contribution in [2.75, 3.05) is 13.2 Å². The van der Waals surface area contributed by atoms with E-state index < -0.39 is 17.2 Å². The molecule has 4 rings (SSSR count). The molecule has 1 aliphatic rings. The Labute approximate surface area is 166 Å². The first kappa shape index (κ1) is 19.2. The highest BCUT2D eigenvalue weighted by molar-refractivity contribution is 5.77. The van der Waals surface area contributed by atoms with Crippen molar-refractivity contribution in [1.82, 2.24) is 20.3 Å². The quantitative estimate of drug-likeness (QED) is 0.717. The second-order valence-electron chi connectivity index (χ2n) is 7.03. The van der Waals surface area contributed by atoms with Gasteiger partial charge in [0.1, 0.15) is 23.9 Å². The average molecular weight is 398 g/mol. The summed E-state index contributed by atoms with van der Waals surface area (Å²) < 4.78 is 34.7. The van der Waals surface area contributed by atoms with Crippen molar-refractivity contribution >= 4 is 5.91 Å². The predicted molar refractivity (Wildman–Crippen MR) is 102 cm³/mol. The summed E-state index contributed by atoms with van der Waals surface area (Å²) in [4.78, 5) is 12.7. The number of carbonyl (C=O) groups is 1. The minimum atomic E-state index is -0.948. The number of hydrogen-bond donors (Lipinski definition) is 1. The van der Waals surface area contributed by atoms with Crippen LogP contribution in [0.1, 0.15) is 18.4 Å². The molecule has 8 heteroatoms. The van der Waals surface area contributed by atoms with Crippen LogP contribution in [-0.4, -0.2) is 34.1 Å². The third-order valence-corrected chi connectivity index (χ3v) is 5.09. The van der Waals surface area contributed by atoms with Gasteiger partial charge in [-0.1, -0.05) is 41.6 Å². The number of carbonyl (C=O) groups excluding carboxylic acids is 1. The standard InChI is InChI=1S/C21H20F2N4O2/c22-16-6-7-17(18(23)12-16)21(8-10-29-11-9-21)24-20(28)14-27-13-19(25-26-27)15-4-2-1-3-5-15/h1-7,12-13H,8-11,14H2,(H,24,28). The van der Waals surface area contributed by atoms with Gasteiger partial charge >= 0.3 is 0 Å². The Balaban J connectivity index is 1.52. The highest BCUT2D eigenvalue weighted by atomic mass is 19.1. The maximum absolute atomic E-state index is 14.5. The molecule has 2 heterocycles. The number of benzene rings is 2. The summed E-state index contributed by atoms with van der Waals surface area (Å²) in [6.45, 7) is 0.683. The Morgan fingerprint density at radius 1 is 1.14 bits per heavy atom. The van der Waals surface area contributed by atoms with E-state index in [2.05, 4.69) is 15.6 Å². The second-order valence-corrected chi connectivity index (χ2v) is 7.03. The molecule has 6 nitrogen and oxygen atoms in total. The minimum Gasteiger partial charge on any atom is -0.381 e. The predicted octanol–water partition coefficient (Wildman–Crippen LogP) is 3.05. The number of nitrogens with zero attached hydrogens (tertiary/aromatic N) is 3. The van der Waals surface area contributed by atoms with E-state index in [0.29, 0.717) is 31.7 Å². The average Bonchev–Trinajstić information content (AvgIpc) is 3.17. The lowest BCUT2D eigenvalue weighted by atomic mass is 9.82. The molecular formula is C21H20F2N4O2. The molecule has 1 N–H and O–H groups in total. The van der Waals surface area contributed by atoms with Crippen molar-refractivity contribution in [2.24, 2.45) is 0 Å². The molecule has 0 aliphatic carbocycles. The maximum Gasteiger partial charge on any atom is 0.242 e. The summed E-state index contributed by atoms with van der Waals surface area (Å²) in [5.41, 5.74) is 0.868. The van der Waals surface area contributed by atoms with Crippen molar-refractivity contribution in [3.05, 3.63) is 71.9 Å². The normalized spacial score (nSPS) is 15.8. The van der Waals surface area contributed by atoms with Crippen molar-refractivity contribution in [2.45, 2.75) is 24.9 Å². The Morgan fingerprint density at radius 2 is 1.90 bits per heavy atom. The molecule has 0 radical (unpaired) electrons. The Kier molecular flexibility index (Phi) is 5.35. The lowest BCUT2D eigenvalue weighted by Gasteiger charge is -2.38. The summed E-state index contributed by atoms with van der Waals surface area (Å²) >= 11 is 0. The first-order chi connectivity index (χ1) is 14.1. The van der Waals surface area contributed by atoms with Gasteiger partial charge in [-0.15, -0.1) is 5.10 Å². The van der Waals surface area contributed by atoms with E-state index in [1.54, 1.807) is 6.20 Å². The van der Waals surface area contributed by atoms with Crippen LogP contribution >= 0.6 is 0 Å². The first-order valence-corrected chi connectivity index (χ1v) is 9.36. The summed E-state index contributed by atoms with van der Waals surface area (Å²) in [6.07, 6.45) is 2.48. The van der Waals surface area contributed by atoms with Crippen LogP contribution in [0.3, 0.4) is 0 Å². The molecule has 0 bridgehead atoms. The minimum absolute atomic E-state index is 0.0642. The molecule has 0 unspecified atom stereocenters. The van der Waals surface area contributed by atoms with Gasteiger partial charge in [-0.3, -0.25) is 4.79 Å². The van der Waals surface area contributed by atoms with Gasteiger partial charge in [0.2, 0.25) is 5.91 Å². The number of aromatic nitrogens is 3. The van der Waals surface area contributed by atoms with Crippen LogP contribution in [0.25, 0.3) is 11.3 Å². The van der Waals surface area contributed by atoms with Gasteiger partial charge in [0.05, 0.1) is 11.7 Å². The molecule has 1 aromatic heterocycles. The van der Waals surface area contributed by atoms with Crippen LogP contribution in [0.2, 0.25) is 0 Å². The molecule has 29 heavy (non-hydrogen) atoms. The fraction of sp³-hybridized carbons (Fsp3) is 0.286. The lowest BCUT2D eigenvalue weighted by Crippen LogP contribution is -2.51. The van der Waals surface area contributed by atoms with Gasteiger partial charge in [0, 0.05) is 30.4 Å². The monoisotopic (exact) mass is 398 g/mol. The Morgan fingerprint density at radius 3 is 2.62 bits per heavy atom. The number of ether oxygens (including phenoxy) is 1. The van der Waals surface area contributed by atoms with E-state index in [1.807, 2.05) is 30.3 Å². The van der Waals surface area contributed by atoms with Crippen LogP contribution in [-0.2, 0) is 21.6 Å². The number of halogens is 2. The molecule has 150 valence electrons. The van der Waals surface area contributed by atoms with E-state index in [1.165, 1.54) is 16.8 Å². The Bertz CT molecular complexity index is 1000. The van der Waals surface area contributed by atoms with Crippen LogP contribution in [0, 0.1) is 11.6 Å². The van der Waals surface area contributed by atoms with Crippen LogP contribution in [0.5, 0.6) is 0 Å². The van der Waals surface area contributed by atoms with E-state index in [0.717, 1.165) is 11.6 Å². The summed E-state index contributed by atoms with van der Waals surface area (Å²) in [5.74, 6) is -1.67. The van der Waals surface area contributed by atoms with Gasteiger partial charge in [0.25, 0.3) is 0 Å². The van der Waals surface area contributed by atoms with E-state index >= 15 is 0 Å². The van der Waals surface area contributed by atoms with Crippen LogP contribution < -0.4 is 5.32 Å². The summed E-state index contributed by atoms with van der Waals surface area (Å²) in [7, 11) is 0. The van der Waals surface area contributed by atoms with Crippen molar-refractivity contribution in [3.8, 4) is 11.3 Å². The van der Waals surface area contributed by atoms with Gasteiger partial charge in [-0.25, -0.2) is 13.5 Å². The van der Waals surface area contributed by atoms with Gasteiger partial charge in [-0.2, -0.15) is 0 Å². The third-order valence-electron chi connectivity index (χ3n) is 5.09. The molecule has 2 aromatic carbocycles. The third kappa shape index (κ3) is 4.17. The zero-order valence-corrected chi connectivity index (χ0v) is 15.6. The van der Waals surface area contributed by atoms with Gasteiger partial charge < -0.3 is 10.1 Å². The number of hydrogen-bond acceptors (Lipinski definition) is 4. The highest BCUT2D eigenvalue weighted by Gasteiger charge is 2.38. The first-order valence-electron chi connectivity index (χ1n) is 9.36. The highest BCUT2D eigenvalue weighted by Crippen LogP contribution is 2.34. The fourth-order valence-electron chi connectivity index (χ4n) is 3.63. The van der Waals surface area contributed by atoms with E-state index in [4.69, 9.17) is 4.74 Å². The van der Waals surface area contributed by atoms with Crippen molar-refractivity contribution in [1.29, 1.82) is 0 Å². The lowest BCUT2D eigenvalue weighted by molar-refractivity contribution is -0.125. The molecule has 1 amide bonds. The van der Waals surface area contributed by atoms with Crippen molar-refractivity contribution < 1.29 is 18.3 Å². The smallest absolute Gasteiger partial charge is 0.242 e. The van der Waals surface area contributed by atoms with E-state index in [9.17, 15) is 13.6 Å². The summed E-state index contributed by atoms with van der Waals surface area (Å²) in [6, 6.07) is 12.9. The number of nitrogens with one attached hydrogen (secondary N) is 1. The molecule has 0 spiro atoms. The van der Waals surface area contributed by atoms with Crippen molar-refractivity contribution in [3.63, 3.8) is 0 Å². The zero-order valence-electron chi connectivity index (χ0n) is 15.6. The molecule has 1 aliphatic heterocycles. The van der Waals surface area contributed by atoms with Crippen LogP contribution in [0.15, 0.2) is 54.7 Å². The maximum atomic E-state index is 14.5. The molecular weight excluding hydrogens is 378 g/mol. The van der Waals surface area contributed by atoms with Gasteiger partial charge in [0.15, 0.2) is 0 Å². The molecule has 0 saturated carbocycles. The molecule has 1 fully saturated rings. The number of amides is 1. The molecule has 1 saturated heterocycles. The SMILES string of the molecule is O=C(Cn1cc(-c2ccccc2)nn1)NC1(c2ccc(F)cc2F)CCOCC1. The Hall–Kier alpha value is -3.13. The van der Waals surface area contributed by atoms with E-state index in [-0.39, 0.29) is 18.0 Å². The zero-order chi connectivity index (χ0) is 20.3. The van der Waals surface area contributed by atoms with Gasteiger partial charge in [-0.05, 0) is 18.9 Å².